The van der Waals surface area contributed by atoms with Crippen molar-refractivity contribution < 1.29 is 23.8 Å². The number of aliphatic carboxylic acids is 1. The number of furan rings is 1. The summed E-state index contributed by atoms with van der Waals surface area (Å²) in [7, 11) is 1.60. The maximum Gasteiger partial charge on any atom is 0.320 e. The van der Waals surface area contributed by atoms with Gasteiger partial charge in [0, 0.05) is 6.54 Å². The number of carbonyl (C=O) groups is 1. The average molecular weight is 345 g/mol. The number of carboxylic acids is 1. The van der Waals surface area contributed by atoms with Crippen LogP contribution in [0.25, 0.3) is 0 Å². The first-order valence-electron chi connectivity index (χ1n) is 8.48. The second-order valence-corrected chi connectivity index (χ2v) is 6.00. The lowest BCUT2D eigenvalue weighted by Gasteiger charge is -2.30. The standard InChI is InChI=1S/C19H23NO5/c1-3-24-17-12-13(8-9-15(17)23-2)18(16-7-5-11-25-16)20-10-4-6-14(20)19(21)22/h5,7-9,11-12,14,18H,3-4,6,10H2,1-2H3,(H,21,22). The fourth-order valence-electron chi connectivity index (χ4n) is 3.46. The Morgan fingerprint density at radius 2 is 2.24 bits per heavy atom. The second kappa shape index (κ2) is 7.61. The summed E-state index contributed by atoms with van der Waals surface area (Å²) in [5.41, 5.74) is 0.923. The maximum atomic E-state index is 11.7. The van der Waals surface area contributed by atoms with Gasteiger partial charge in [0.1, 0.15) is 11.8 Å². The quantitative estimate of drug-likeness (QED) is 0.830. The molecule has 2 aromatic rings. The molecule has 1 saturated heterocycles. The van der Waals surface area contributed by atoms with Crippen LogP contribution in [0.3, 0.4) is 0 Å². The van der Waals surface area contributed by atoms with E-state index in [-0.39, 0.29) is 6.04 Å². The van der Waals surface area contributed by atoms with Gasteiger partial charge in [0.25, 0.3) is 0 Å². The summed E-state index contributed by atoms with van der Waals surface area (Å²) in [4.78, 5) is 13.7. The summed E-state index contributed by atoms with van der Waals surface area (Å²) in [6.45, 7) is 3.14. The fraction of sp³-hybridized carbons (Fsp3) is 0.421. The van der Waals surface area contributed by atoms with Crippen molar-refractivity contribution in [2.75, 3.05) is 20.3 Å². The summed E-state index contributed by atoms with van der Waals surface area (Å²) >= 11 is 0. The van der Waals surface area contributed by atoms with E-state index >= 15 is 0 Å². The molecule has 1 aliphatic rings. The first kappa shape index (κ1) is 17.4. The highest BCUT2D eigenvalue weighted by Crippen LogP contribution is 2.38. The molecule has 6 nitrogen and oxygen atoms in total. The molecule has 0 amide bonds. The van der Waals surface area contributed by atoms with Crippen molar-refractivity contribution in [3.05, 3.63) is 47.9 Å². The van der Waals surface area contributed by atoms with Crippen molar-refractivity contribution >= 4 is 5.97 Å². The smallest absolute Gasteiger partial charge is 0.320 e. The van der Waals surface area contributed by atoms with Gasteiger partial charge in [-0.2, -0.15) is 0 Å². The zero-order chi connectivity index (χ0) is 17.8. The summed E-state index contributed by atoms with van der Waals surface area (Å²) in [5.74, 6) is 1.22. The Bertz CT molecular complexity index is 713. The van der Waals surface area contributed by atoms with Crippen LogP contribution >= 0.6 is 0 Å². The van der Waals surface area contributed by atoms with Gasteiger partial charge < -0.3 is 19.0 Å². The number of carboxylic acid groups (broad SMARTS) is 1. The van der Waals surface area contributed by atoms with Crippen molar-refractivity contribution in [1.82, 2.24) is 4.90 Å². The van der Waals surface area contributed by atoms with Gasteiger partial charge in [-0.15, -0.1) is 0 Å². The van der Waals surface area contributed by atoms with Crippen LogP contribution in [0.4, 0.5) is 0 Å². The Kier molecular flexibility index (Phi) is 5.28. The highest BCUT2D eigenvalue weighted by Gasteiger charge is 2.38. The molecule has 1 aliphatic heterocycles. The molecule has 1 fully saturated rings. The highest BCUT2D eigenvalue weighted by molar-refractivity contribution is 5.74. The monoisotopic (exact) mass is 345 g/mol. The lowest BCUT2D eigenvalue weighted by atomic mass is 10.0. The van der Waals surface area contributed by atoms with Gasteiger partial charge in [0.05, 0.1) is 26.0 Å². The van der Waals surface area contributed by atoms with Crippen molar-refractivity contribution in [1.29, 1.82) is 0 Å². The topological polar surface area (TPSA) is 72.1 Å². The molecule has 0 bridgehead atoms. The molecule has 0 radical (unpaired) electrons. The predicted molar refractivity (Wildman–Crippen MR) is 92.1 cm³/mol. The van der Waals surface area contributed by atoms with Gasteiger partial charge in [-0.05, 0) is 49.6 Å². The number of likely N-dealkylation sites (tertiary alicyclic amines) is 1. The third-order valence-electron chi connectivity index (χ3n) is 4.53. The van der Waals surface area contributed by atoms with Gasteiger partial charge in [0.2, 0.25) is 0 Å². The Hall–Kier alpha value is -2.47. The van der Waals surface area contributed by atoms with Crippen LogP contribution in [-0.4, -0.2) is 42.3 Å². The minimum Gasteiger partial charge on any atom is -0.493 e. The maximum absolute atomic E-state index is 11.7. The molecule has 1 aromatic carbocycles. The van der Waals surface area contributed by atoms with Crippen molar-refractivity contribution in [2.45, 2.75) is 31.8 Å². The average Bonchev–Trinajstić information content (AvgIpc) is 3.28. The van der Waals surface area contributed by atoms with E-state index in [0.29, 0.717) is 31.1 Å². The van der Waals surface area contributed by atoms with E-state index in [1.54, 1.807) is 13.4 Å². The van der Waals surface area contributed by atoms with E-state index in [4.69, 9.17) is 13.9 Å². The molecule has 0 spiro atoms. The zero-order valence-corrected chi connectivity index (χ0v) is 14.5. The molecule has 0 aliphatic carbocycles. The molecule has 6 heteroatoms. The molecule has 25 heavy (non-hydrogen) atoms. The van der Waals surface area contributed by atoms with Gasteiger partial charge in [-0.1, -0.05) is 6.07 Å². The summed E-state index contributed by atoms with van der Waals surface area (Å²) < 4.78 is 16.7. The first-order chi connectivity index (χ1) is 12.2. The van der Waals surface area contributed by atoms with Gasteiger partial charge in [-0.3, -0.25) is 9.69 Å². The predicted octanol–water partition coefficient (Wildman–Crippen LogP) is 3.33. The Balaban J connectivity index is 2.04. The van der Waals surface area contributed by atoms with Gasteiger partial charge in [-0.25, -0.2) is 0 Å². The minimum absolute atomic E-state index is 0.274. The van der Waals surface area contributed by atoms with Crippen molar-refractivity contribution in [3.8, 4) is 11.5 Å². The Morgan fingerprint density at radius 1 is 1.40 bits per heavy atom. The zero-order valence-electron chi connectivity index (χ0n) is 14.5. The van der Waals surface area contributed by atoms with Crippen LogP contribution in [0.1, 0.15) is 37.1 Å². The molecule has 1 aromatic heterocycles. The largest absolute Gasteiger partial charge is 0.493 e. The van der Waals surface area contributed by atoms with E-state index in [9.17, 15) is 9.90 Å². The summed E-state index contributed by atoms with van der Waals surface area (Å²) in [6, 6.07) is 8.60. The molecule has 1 N–H and O–H groups in total. The lowest BCUT2D eigenvalue weighted by Crippen LogP contribution is -2.39. The normalized spacial score (nSPS) is 18.9. The Morgan fingerprint density at radius 3 is 2.88 bits per heavy atom. The summed E-state index contributed by atoms with van der Waals surface area (Å²) in [6.07, 6.45) is 3.10. The minimum atomic E-state index is -0.799. The van der Waals surface area contributed by atoms with E-state index in [2.05, 4.69) is 0 Å². The number of methoxy groups -OCH3 is 1. The molecule has 2 atom stereocenters. The third-order valence-corrected chi connectivity index (χ3v) is 4.53. The molecule has 2 unspecified atom stereocenters. The third kappa shape index (κ3) is 3.49. The van der Waals surface area contributed by atoms with Crippen LogP contribution in [0.2, 0.25) is 0 Å². The Labute approximate surface area is 147 Å². The van der Waals surface area contributed by atoms with Crippen molar-refractivity contribution in [2.24, 2.45) is 0 Å². The van der Waals surface area contributed by atoms with E-state index < -0.39 is 12.0 Å². The molecular weight excluding hydrogens is 322 g/mol. The highest BCUT2D eigenvalue weighted by atomic mass is 16.5. The van der Waals surface area contributed by atoms with Crippen LogP contribution < -0.4 is 9.47 Å². The first-order valence-corrected chi connectivity index (χ1v) is 8.48. The number of hydrogen-bond acceptors (Lipinski definition) is 5. The van der Waals surface area contributed by atoms with E-state index in [0.717, 1.165) is 17.7 Å². The second-order valence-electron chi connectivity index (χ2n) is 6.00. The number of nitrogens with zero attached hydrogens (tertiary/aromatic N) is 1. The van der Waals surface area contributed by atoms with E-state index in [1.165, 1.54) is 0 Å². The molecule has 0 saturated carbocycles. The van der Waals surface area contributed by atoms with Gasteiger partial charge in [0.15, 0.2) is 11.5 Å². The number of benzene rings is 1. The molecule has 2 heterocycles. The van der Waals surface area contributed by atoms with E-state index in [1.807, 2.05) is 42.2 Å². The number of hydrogen-bond donors (Lipinski definition) is 1. The molecule has 3 rings (SSSR count). The van der Waals surface area contributed by atoms with Gasteiger partial charge >= 0.3 is 5.97 Å². The van der Waals surface area contributed by atoms with Crippen LogP contribution in [0, 0.1) is 0 Å². The van der Waals surface area contributed by atoms with Crippen LogP contribution in [0.5, 0.6) is 11.5 Å². The number of rotatable bonds is 7. The SMILES string of the molecule is CCOc1cc(C(c2ccco2)N2CCCC2C(=O)O)ccc1OC. The number of ether oxygens (including phenoxy) is 2. The lowest BCUT2D eigenvalue weighted by molar-refractivity contribution is -0.142. The van der Waals surface area contributed by atoms with Crippen LogP contribution in [-0.2, 0) is 4.79 Å². The van der Waals surface area contributed by atoms with Crippen molar-refractivity contribution in [3.63, 3.8) is 0 Å². The fourth-order valence-corrected chi connectivity index (χ4v) is 3.46. The summed E-state index contributed by atoms with van der Waals surface area (Å²) in [5, 5.41) is 9.58. The molecular formula is C19H23NO5. The van der Waals surface area contributed by atoms with Crippen LogP contribution in [0.15, 0.2) is 41.0 Å². The molecule has 134 valence electrons.